The molecule has 1 aromatic carbocycles. The van der Waals surface area contributed by atoms with E-state index in [9.17, 15) is 14.0 Å². The van der Waals surface area contributed by atoms with Gasteiger partial charge >= 0.3 is 0 Å². The van der Waals surface area contributed by atoms with Gasteiger partial charge in [0, 0.05) is 62.5 Å². The molecule has 0 aliphatic carbocycles. The second kappa shape index (κ2) is 8.28. The van der Waals surface area contributed by atoms with E-state index in [2.05, 4.69) is 15.5 Å². The number of amides is 1. The van der Waals surface area contributed by atoms with Crippen LogP contribution >= 0.6 is 12.4 Å². The SMILES string of the molecule is CC(=O)c1ccc(N2CCN(C(=O)c3n[nH]c4c3CNCC4)CC2)c(F)c1.Cl. The molecule has 9 heteroatoms. The van der Waals surface area contributed by atoms with Crippen LogP contribution in [0.2, 0.25) is 0 Å². The number of nitrogens with zero attached hydrogens (tertiary/aromatic N) is 3. The summed E-state index contributed by atoms with van der Waals surface area (Å²) in [7, 11) is 0. The lowest BCUT2D eigenvalue weighted by molar-refractivity contribution is 0.0739. The van der Waals surface area contributed by atoms with E-state index in [1.807, 2.05) is 4.90 Å². The van der Waals surface area contributed by atoms with E-state index >= 15 is 0 Å². The van der Waals surface area contributed by atoms with E-state index in [-0.39, 0.29) is 24.1 Å². The van der Waals surface area contributed by atoms with Crippen molar-refractivity contribution >= 4 is 29.8 Å². The van der Waals surface area contributed by atoms with Crippen molar-refractivity contribution in [1.82, 2.24) is 20.4 Å². The van der Waals surface area contributed by atoms with Crippen molar-refractivity contribution in [3.05, 3.63) is 46.5 Å². The van der Waals surface area contributed by atoms with Crippen LogP contribution in [0.25, 0.3) is 0 Å². The van der Waals surface area contributed by atoms with Crippen molar-refractivity contribution in [2.45, 2.75) is 19.9 Å². The van der Waals surface area contributed by atoms with Crippen LogP contribution in [0, 0.1) is 5.82 Å². The zero-order valence-electron chi connectivity index (χ0n) is 15.6. The maximum atomic E-state index is 14.4. The highest BCUT2D eigenvalue weighted by Gasteiger charge is 2.28. The van der Waals surface area contributed by atoms with Crippen LogP contribution in [0.4, 0.5) is 10.1 Å². The molecule has 4 rings (SSSR count). The van der Waals surface area contributed by atoms with Crippen molar-refractivity contribution in [1.29, 1.82) is 0 Å². The van der Waals surface area contributed by atoms with Crippen molar-refractivity contribution < 1.29 is 14.0 Å². The molecule has 3 heterocycles. The quantitative estimate of drug-likeness (QED) is 0.758. The molecular weight excluding hydrogens is 385 g/mol. The minimum Gasteiger partial charge on any atom is -0.366 e. The standard InChI is InChI=1S/C19H22FN5O2.ClH/c1-12(26)13-2-3-17(15(20)10-13)24-6-8-25(9-7-24)19(27)18-14-11-21-5-4-16(14)22-23-18;/h2-3,10,21H,4-9,11H2,1H3,(H,22,23);1H. The maximum absolute atomic E-state index is 14.4. The number of aromatic nitrogens is 2. The number of fused-ring (bicyclic) bond motifs is 1. The number of rotatable bonds is 3. The molecule has 0 spiro atoms. The van der Waals surface area contributed by atoms with Crippen LogP contribution in [0.1, 0.15) is 39.0 Å². The summed E-state index contributed by atoms with van der Waals surface area (Å²) in [6, 6.07) is 4.55. The highest BCUT2D eigenvalue weighted by molar-refractivity contribution is 5.95. The van der Waals surface area contributed by atoms with Crippen molar-refractivity contribution in [3.63, 3.8) is 0 Å². The predicted octanol–water partition coefficient (Wildman–Crippen LogP) is 1.78. The Morgan fingerprint density at radius 2 is 1.93 bits per heavy atom. The summed E-state index contributed by atoms with van der Waals surface area (Å²) in [5.41, 5.74) is 3.31. The lowest BCUT2D eigenvalue weighted by Crippen LogP contribution is -2.49. The number of ketones is 1. The Morgan fingerprint density at radius 1 is 1.18 bits per heavy atom. The molecule has 0 saturated carbocycles. The molecule has 28 heavy (non-hydrogen) atoms. The minimum atomic E-state index is -0.407. The highest BCUT2D eigenvalue weighted by Crippen LogP contribution is 2.23. The van der Waals surface area contributed by atoms with Gasteiger partial charge in [-0.05, 0) is 25.1 Å². The van der Waals surface area contributed by atoms with Gasteiger partial charge in [-0.1, -0.05) is 0 Å². The first-order valence-corrected chi connectivity index (χ1v) is 9.16. The Balaban J connectivity index is 0.00000225. The van der Waals surface area contributed by atoms with Gasteiger partial charge in [-0.3, -0.25) is 14.7 Å². The zero-order valence-corrected chi connectivity index (χ0v) is 16.4. The Hall–Kier alpha value is -2.45. The molecule has 0 bridgehead atoms. The van der Waals surface area contributed by atoms with Crippen LogP contribution in [0.3, 0.4) is 0 Å². The Labute approximate surface area is 168 Å². The second-order valence-electron chi connectivity index (χ2n) is 6.96. The predicted molar refractivity (Wildman–Crippen MR) is 106 cm³/mol. The lowest BCUT2D eigenvalue weighted by atomic mass is 10.1. The van der Waals surface area contributed by atoms with E-state index in [1.54, 1.807) is 17.0 Å². The van der Waals surface area contributed by atoms with E-state index in [0.717, 1.165) is 24.2 Å². The first-order valence-electron chi connectivity index (χ1n) is 9.16. The van der Waals surface area contributed by atoms with E-state index < -0.39 is 5.82 Å². The lowest BCUT2D eigenvalue weighted by Gasteiger charge is -2.36. The van der Waals surface area contributed by atoms with Crippen LogP contribution in [-0.4, -0.2) is 59.5 Å². The van der Waals surface area contributed by atoms with Crippen molar-refractivity contribution in [2.75, 3.05) is 37.6 Å². The molecule has 1 saturated heterocycles. The number of anilines is 1. The monoisotopic (exact) mass is 407 g/mol. The van der Waals surface area contributed by atoms with Crippen LogP contribution in [-0.2, 0) is 13.0 Å². The van der Waals surface area contributed by atoms with Gasteiger partial charge in [0.1, 0.15) is 5.82 Å². The van der Waals surface area contributed by atoms with Crippen molar-refractivity contribution in [3.8, 4) is 0 Å². The zero-order chi connectivity index (χ0) is 19.0. The number of nitrogens with one attached hydrogen (secondary N) is 2. The molecule has 0 radical (unpaired) electrons. The molecule has 150 valence electrons. The number of carbonyl (C=O) groups excluding carboxylic acids is 2. The average molecular weight is 408 g/mol. The van der Waals surface area contributed by atoms with E-state index in [4.69, 9.17) is 0 Å². The molecule has 1 fully saturated rings. The summed E-state index contributed by atoms with van der Waals surface area (Å²) in [5, 5.41) is 10.5. The molecule has 2 aliphatic rings. The molecule has 2 aromatic rings. The largest absolute Gasteiger partial charge is 0.366 e. The summed E-state index contributed by atoms with van der Waals surface area (Å²) >= 11 is 0. The third-order valence-electron chi connectivity index (χ3n) is 5.27. The Bertz CT molecular complexity index is 892. The van der Waals surface area contributed by atoms with Crippen molar-refractivity contribution in [2.24, 2.45) is 0 Å². The number of H-pyrrole nitrogens is 1. The summed E-state index contributed by atoms with van der Waals surface area (Å²) in [5.74, 6) is -0.647. The first-order chi connectivity index (χ1) is 13.0. The summed E-state index contributed by atoms with van der Waals surface area (Å²) < 4.78 is 14.4. The highest BCUT2D eigenvalue weighted by atomic mass is 35.5. The molecule has 1 amide bonds. The van der Waals surface area contributed by atoms with Gasteiger partial charge in [-0.2, -0.15) is 5.10 Å². The fourth-order valence-electron chi connectivity index (χ4n) is 3.68. The number of Topliss-reactive ketones (excluding diaryl/α,β-unsaturated/α-hetero) is 1. The van der Waals surface area contributed by atoms with Gasteiger partial charge in [0.25, 0.3) is 5.91 Å². The number of piperazine rings is 1. The topological polar surface area (TPSA) is 81.3 Å². The second-order valence-corrected chi connectivity index (χ2v) is 6.96. The number of carbonyl (C=O) groups is 2. The molecule has 0 atom stereocenters. The smallest absolute Gasteiger partial charge is 0.274 e. The Kier molecular flexibility index (Phi) is 6.00. The van der Waals surface area contributed by atoms with Gasteiger partial charge in [-0.25, -0.2) is 4.39 Å². The summed E-state index contributed by atoms with van der Waals surface area (Å²) in [4.78, 5) is 27.9. The number of halogens is 2. The number of hydrogen-bond acceptors (Lipinski definition) is 5. The Morgan fingerprint density at radius 3 is 2.61 bits per heavy atom. The molecule has 0 unspecified atom stereocenters. The summed E-state index contributed by atoms with van der Waals surface area (Å²) in [6.45, 7) is 5.03. The number of benzene rings is 1. The van der Waals surface area contributed by atoms with Gasteiger partial charge in [0.15, 0.2) is 11.5 Å². The van der Waals surface area contributed by atoms with Gasteiger partial charge < -0.3 is 15.1 Å². The first kappa shape index (κ1) is 20.3. The van der Waals surface area contributed by atoms with Gasteiger partial charge in [0.2, 0.25) is 0 Å². The average Bonchev–Trinajstić information content (AvgIpc) is 3.11. The molecule has 2 aliphatic heterocycles. The van der Waals surface area contributed by atoms with E-state index in [1.165, 1.54) is 13.0 Å². The van der Waals surface area contributed by atoms with Crippen LogP contribution in [0.15, 0.2) is 18.2 Å². The fourth-order valence-corrected chi connectivity index (χ4v) is 3.68. The van der Waals surface area contributed by atoms with E-state index in [0.29, 0.717) is 49.7 Å². The minimum absolute atomic E-state index is 0. The molecule has 2 N–H and O–H groups in total. The number of hydrogen-bond donors (Lipinski definition) is 2. The molecular formula is C19H23ClFN5O2. The van der Waals surface area contributed by atoms with Crippen LogP contribution < -0.4 is 10.2 Å². The normalized spacial score (nSPS) is 16.4. The third-order valence-corrected chi connectivity index (χ3v) is 5.27. The number of aromatic amines is 1. The fraction of sp³-hybridized carbons (Fsp3) is 0.421. The maximum Gasteiger partial charge on any atom is 0.274 e. The molecule has 7 nitrogen and oxygen atoms in total. The summed E-state index contributed by atoms with van der Waals surface area (Å²) in [6.07, 6.45) is 0.846. The molecule has 1 aromatic heterocycles. The van der Waals surface area contributed by atoms with Gasteiger partial charge in [-0.15, -0.1) is 12.4 Å². The van der Waals surface area contributed by atoms with Crippen LogP contribution in [0.5, 0.6) is 0 Å². The third kappa shape index (κ3) is 3.74. The van der Waals surface area contributed by atoms with Gasteiger partial charge in [0.05, 0.1) is 5.69 Å².